The van der Waals surface area contributed by atoms with Crippen LogP contribution in [0.4, 0.5) is 5.69 Å². The zero-order valence-corrected chi connectivity index (χ0v) is 17.5. The average molecular weight is 420 g/mol. The minimum atomic E-state index is -0.201. The van der Waals surface area contributed by atoms with E-state index in [9.17, 15) is 10.1 Å². The van der Waals surface area contributed by atoms with Crippen LogP contribution in [0.15, 0.2) is 65.7 Å². The summed E-state index contributed by atoms with van der Waals surface area (Å²) in [5.41, 5.74) is 2.67. The summed E-state index contributed by atoms with van der Waals surface area (Å²) >= 11 is 1.22. The van der Waals surface area contributed by atoms with Gasteiger partial charge >= 0.3 is 0 Å². The Morgan fingerprint density at radius 1 is 1.13 bits per heavy atom. The van der Waals surface area contributed by atoms with Gasteiger partial charge in [-0.1, -0.05) is 23.9 Å². The molecule has 152 valence electrons. The Bertz CT molecular complexity index is 1060. The predicted molar refractivity (Wildman–Crippen MR) is 118 cm³/mol. The molecule has 0 aliphatic carbocycles. The van der Waals surface area contributed by atoms with Crippen LogP contribution in [0, 0.1) is 11.3 Å². The van der Waals surface area contributed by atoms with Crippen molar-refractivity contribution in [2.45, 2.75) is 11.9 Å². The first-order chi connectivity index (χ1) is 14.6. The summed E-state index contributed by atoms with van der Waals surface area (Å²) in [5.74, 6) is 1.29. The number of ether oxygens (including phenoxy) is 2. The lowest BCUT2D eigenvalue weighted by molar-refractivity contribution is -0.113. The van der Waals surface area contributed by atoms with Crippen LogP contribution in [0.5, 0.6) is 11.5 Å². The Kier molecular flexibility index (Phi) is 7.30. The van der Waals surface area contributed by atoms with E-state index in [2.05, 4.69) is 16.4 Å². The monoisotopic (exact) mass is 419 g/mol. The van der Waals surface area contributed by atoms with E-state index in [1.807, 2.05) is 43.3 Å². The lowest BCUT2D eigenvalue weighted by atomic mass is 10.1. The molecule has 1 aromatic heterocycles. The molecule has 0 fully saturated rings. The highest BCUT2D eigenvalue weighted by Crippen LogP contribution is 2.28. The molecule has 0 saturated heterocycles. The van der Waals surface area contributed by atoms with E-state index >= 15 is 0 Å². The van der Waals surface area contributed by atoms with Gasteiger partial charge in [-0.05, 0) is 55.5 Å². The molecule has 1 amide bonds. The smallest absolute Gasteiger partial charge is 0.234 e. The van der Waals surface area contributed by atoms with Gasteiger partial charge < -0.3 is 14.8 Å². The van der Waals surface area contributed by atoms with Gasteiger partial charge in [-0.2, -0.15) is 5.26 Å². The third kappa shape index (κ3) is 5.31. The summed E-state index contributed by atoms with van der Waals surface area (Å²) in [6.07, 6.45) is 0. The first kappa shape index (κ1) is 21.2. The molecule has 0 spiro atoms. The van der Waals surface area contributed by atoms with Crippen LogP contribution in [0.1, 0.15) is 12.5 Å². The van der Waals surface area contributed by atoms with E-state index in [4.69, 9.17) is 9.47 Å². The number of anilines is 1. The molecule has 0 atom stereocenters. The molecule has 0 unspecified atom stereocenters. The zero-order valence-electron chi connectivity index (χ0n) is 16.7. The van der Waals surface area contributed by atoms with E-state index < -0.39 is 0 Å². The number of amides is 1. The van der Waals surface area contributed by atoms with E-state index in [1.54, 1.807) is 31.4 Å². The molecule has 0 aliphatic rings. The Balaban J connectivity index is 1.72. The van der Waals surface area contributed by atoms with E-state index in [0.29, 0.717) is 28.6 Å². The molecule has 0 saturated carbocycles. The molecule has 1 N–H and O–H groups in total. The van der Waals surface area contributed by atoms with Crippen molar-refractivity contribution in [1.29, 1.82) is 5.26 Å². The number of nitrogens with zero attached hydrogens (tertiary/aromatic N) is 2. The number of benzene rings is 2. The van der Waals surface area contributed by atoms with Gasteiger partial charge in [0.2, 0.25) is 5.91 Å². The molecule has 0 aliphatic heterocycles. The Morgan fingerprint density at radius 2 is 1.90 bits per heavy atom. The van der Waals surface area contributed by atoms with Crippen molar-refractivity contribution < 1.29 is 14.3 Å². The molecule has 0 bridgehead atoms. The third-order valence-electron chi connectivity index (χ3n) is 4.17. The summed E-state index contributed by atoms with van der Waals surface area (Å²) in [6, 6.07) is 20.4. The number of thioether (sulfide) groups is 1. The summed E-state index contributed by atoms with van der Waals surface area (Å²) in [4.78, 5) is 17.0. The average Bonchev–Trinajstić information content (AvgIpc) is 2.79. The summed E-state index contributed by atoms with van der Waals surface area (Å²) < 4.78 is 10.7. The summed E-state index contributed by atoms with van der Waals surface area (Å²) in [5, 5.41) is 12.8. The maximum absolute atomic E-state index is 12.5. The van der Waals surface area contributed by atoms with Crippen molar-refractivity contribution in [2.75, 3.05) is 24.8 Å². The predicted octanol–water partition coefficient (Wildman–Crippen LogP) is 4.76. The number of hydrogen-bond acceptors (Lipinski definition) is 6. The summed E-state index contributed by atoms with van der Waals surface area (Å²) in [7, 11) is 1.61. The fourth-order valence-corrected chi connectivity index (χ4v) is 3.50. The van der Waals surface area contributed by atoms with Gasteiger partial charge in [0.1, 0.15) is 22.6 Å². The number of aromatic nitrogens is 1. The number of rotatable bonds is 8. The number of hydrogen-bond donors (Lipinski definition) is 1. The molecule has 6 nitrogen and oxygen atoms in total. The normalized spacial score (nSPS) is 10.2. The highest BCUT2D eigenvalue weighted by molar-refractivity contribution is 8.00. The van der Waals surface area contributed by atoms with Crippen LogP contribution >= 0.6 is 11.8 Å². The number of methoxy groups -OCH3 is 1. The van der Waals surface area contributed by atoms with Crippen LogP contribution < -0.4 is 14.8 Å². The minimum absolute atomic E-state index is 0.119. The minimum Gasteiger partial charge on any atom is -0.497 e. The van der Waals surface area contributed by atoms with Crippen molar-refractivity contribution in [1.82, 2.24) is 4.98 Å². The SMILES string of the molecule is CCOc1ccccc1NC(=O)CSc1nc(-c2ccc(OC)cc2)ccc1C#N. The van der Waals surface area contributed by atoms with Crippen LogP contribution in [-0.4, -0.2) is 30.4 Å². The van der Waals surface area contributed by atoms with Gasteiger partial charge in [0.15, 0.2) is 0 Å². The van der Waals surface area contributed by atoms with Gasteiger partial charge in [-0.3, -0.25) is 4.79 Å². The summed E-state index contributed by atoms with van der Waals surface area (Å²) in [6.45, 7) is 2.40. The van der Waals surface area contributed by atoms with Gasteiger partial charge in [-0.25, -0.2) is 4.98 Å². The number of nitriles is 1. The quantitative estimate of drug-likeness (QED) is 0.530. The molecule has 0 radical (unpaired) electrons. The first-order valence-electron chi connectivity index (χ1n) is 9.34. The first-order valence-corrected chi connectivity index (χ1v) is 10.3. The molecule has 2 aromatic carbocycles. The van der Waals surface area contributed by atoms with Gasteiger partial charge in [0, 0.05) is 5.56 Å². The number of para-hydroxylation sites is 2. The fraction of sp³-hybridized carbons (Fsp3) is 0.174. The number of carbonyl (C=O) groups excluding carboxylic acids is 1. The number of nitrogens with one attached hydrogen (secondary N) is 1. The second kappa shape index (κ2) is 10.3. The van der Waals surface area contributed by atoms with Gasteiger partial charge in [0.25, 0.3) is 0 Å². The molecule has 1 heterocycles. The van der Waals surface area contributed by atoms with Crippen molar-refractivity contribution in [3.05, 3.63) is 66.2 Å². The Hall–Kier alpha value is -3.50. The Morgan fingerprint density at radius 3 is 2.60 bits per heavy atom. The lowest BCUT2D eigenvalue weighted by Gasteiger charge is -2.11. The van der Waals surface area contributed by atoms with Crippen molar-refractivity contribution in [3.63, 3.8) is 0 Å². The third-order valence-corrected chi connectivity index (χ3v) is 5.16. The van der Waals surface area contributed by atoms with Crippen LogP contribution in [0.3, 0.4) is 0 Å². The number of carbonyl (C=O) groups is 1. The number of pyridine rings is 1. The zero-order chi connectivity index (χ0) is 21.3. The molecule has 3 rings (SSSR count). The maximum atomic E-state index is 12.5. The standard InChI is InChI=1S/C23H21N3O3S/c1-3-29-21-7-5-4-6-20(21)25-22(27)15-30-23-17(14-24)10-13-19(26-23)16-8-11-18(28-2)12-9-16/h4-13H,3,15H2,1-2H3,(H,25,27). The van der Waals surface area contributed by atoms with E-state index in [0.717, 1.165) is 17.0 Å². The topological polar surface area (TPSA) is 84.2 Å². The maximum Gasteiger partial charge on any atom is 0.234 e. The van der Waals surface area contributed by atoms with Crippen LogP contribution in [0.25, 0.3) is 11.3 Å². The molecule has 3 aromatic rings. The molecular weight excluding hydrogens is 398 g/mol. The highest BCUT2D eigenvalue weighted by atomic mass is 32.2. The second-order valence-corrected chi connectivity index (χ2v) is 7.12. The largest absolute Gasteiger partial charge is 0.497 e. The van der Waals surface area contributed by atoms with E-state index in [1.165, 1.54) is 11.8 Å². The molecular formula is C23H21N3O3S. The van der Waals surface area contributed by atoms with Gasteiger partial charge in [-0.15, -0.1) is 0 Å². The van der Waals surface area contributed by atoms with Crippen molar-refractivity contribution in [3.8, 4) is 28.8 Å². The van der Waals surface area contributed by atoms with E-state index in [-0.39, 0.29) is 11.7 Å². The van der Waals surface area contributed by atoms with Gasteiger partial charge in [0.05, 0.1) is 36.4 Å². The highest BCUT2D eigenvalue weighted by Gasteiger charge is 2.12. The van der Waals surface area contributed by atoms with Crippen LogP contribution in [-0.2, 0) is 4.79 Å². The van der Waals surface area contributed by atoms with Crippen LogP contribution in [0.2, 0.25) is 0 Å². The van der Waals surface area contributed by atoms with Crippen molar-refractivity contribution >= 4 is 23.4 Å². The Labute approximate surface area is 179 Å². The van der Waals surface area contributed by atoms with Crippen molar-refractivity contribution in [2.24, 2.45) is 0 Å². The molecule has 30 heavy (non-hydrogen) atoms. The second-order valence-electron chi connectivity index (χ2n) is 6.16. The molecule has 7 heteroatoms. The fourth-order valence-electron chi connectivity index (χ4n) is 2.73. The lowest BCUT2D eigenvalue weighted by Crippen LogP contribution is -2.15.